The number of fused-ring (bicyclic) bond motifs is 2. The number of carbonyl (C=O) groups excluding carboxylic acids is 4. The summed E-state index contributed by atoms with van der Waals surface area (Å²) in [6.45, 7) is -0.374. The van der Waals surface area contributed by atoms with Crippen molar-refractivity contribution < 1.29 is 32.3 Å². The van der Waals surface area contributed by atoms with Crippen molar-refractivity contribution in [3.05, 3.63) is 47.6 Å². The molecule has 14 heteroatoms. The van der Waals surface area contributed by atoms with E-state index in [2.05, 4.69) is 10.3 Å². The molecule has 1 aliphatic carbocycles. The minimum absolute atomic E-state index is 0.128. The van der Waals surface area contributed by atoms with Crippen molar-refractivity contribution >= 4 is 65.0 Å². The van der Waals surface area contributed by atoms with Crippen molar-refractivity contribution in [3.8, 4) is 5.06 Å². The number of nitrogens with zero attached hydrogens (tertiary/aromatic N) is 3. The molecule has 3 fully saturated rings. The number of rotatable bonds is 7. The lowest BCUT2D eigenvalue weighted by Gasteiger charge is -2.28. The Labute approximate surface area is 231 Å². The Balaban J connectivity index is 1.17. The molecule has 3 unspecified atom stereocenters. The maximum Gasteiger partial charge on any atom is 0.414 e. The second-order valence-electron chi connectivity index (χ2n) is 9.83. The molecule has 3 aromatic heterocycles. The molecular formula is C25H24N4O7S3. The van der Waals surface area contributed by atoms with E-state index in [1.54, 1.807) is 12.1 Å². The van der Waals surface area contributed by atoms with E-state index >= 15 is 0 Å². The molecule has 11 nitrogen and oxygen atoms in total. The van der Waals surface area contributed by atoms with Crippen LogP contribution in [0.5, 0.6) is 5.06 Å². The molecule has 2 saturated heterocycles. The second kappa shape index (κ2) is 10.1. The van der Waals surface area contributed by atoms with Crippen molar-refractivity contribution in [2.75, 3.05) is 13.1 Å². The van der Waals surface area contributed by atoms with Gasteiger partial charge in [-0.3, -0.25) is 19.4 Å². The Kier molecular flexibility index (Phi) is 6.73. The maximum atomic E-state index is 13.7. The number of sulfonamides is 1. The van der Waals surface area contributed by atoms with E-state index < -0.39 is 57.6 Å². The zero-order valence-electron chi connectivity index (χ0n) is 20.5. The van der Waals surface area contributed by atoms with Crippen LogP contribution in [0, 0.1) is 5.92 Å². The van der Waals surface area contributed by atoms with Gasteiger partial charge in [0.15, 0.2) is 10.8 Å². The summed E-state index contributed by atoms with van der Waals surface area (Å²) >= 11 is 2.86. The first-order valence-electron chi connectivity index (χ1n) is 12.5. The van der Waals surface area contributed by atoms with Gasteiger partial charge in [-0.2, -0.15) is 4.31 Å². The molecule has 0 aromatic carbocycles. The van der Waals surface area contributed by atoms with Crippen LogP contribution in [0.1, 0.15) is 36.2 Å². The van der Waals surface area contributed by atoms with Crippen LogP contribution >= 0.6 is 22.7 Å². The molecule has 2 aliphatic heterocycles. The average Bonchev–Trinajstić information content (AvgIpc) is 3.22. The molecule has 0 bridgehead atoms. The van der Waals surface area contributed by atoms with Crippen LogP contribution in [-0.2, 0) is 19.6 Å². The van der Waals surface area contributed by atoms with Gasteiger partial charge in [-0.05, 0) is 42.3 Å². The highest BCUT2D eigenvalue weighted by atomic mass is 32.2. The topological polar surface area (TPSA) is 143 Å². The van der Waals surface area contributed by atoms with Crippen molar-refractivity contribution in [2.24, 2.45) is 5.92 Å². The van der Waals surface area contributed by atoms with Gasteiger partial charge in [0, 0.05) is 28.2 Å². The quantitative estimate of drug-likeness (QED) is 0.444. The molecule has 0 radical (unpaired) electrons. The molecular weight excluding hydrogens is 564 g/mol. The number of hydrogen-bond acceptors (Lipinski definition) is 10. The third-order valence-electron chi connectivity index (χ3n) is 7.24. The molecule has 6 rings (SSSR count). The summed E-state index contributed by atoms with van der Waals surface area (Å²) in [5.41, 5.74) is -0.239. The number of nitrogens with one attached hydrogen (secondary N) is 1. The Morgan fingerprint density at radius 2 is 1.97 bits per heavy atom. The van der Waals surface area contributed by atoms with Gasteiger partial charge in [0.1, 0.15) is 17.8 Å². The molecule has 39 heavy (non-hydrogen) atoms. The number of Topliss-reactive ketones (excluding diaryl/α,β-unsaturated/α-hetero) is 1. The van der Waals surface area contributed by atoms with E-state index in [1.165, 1.54) is 45.9 Å². The monoisotopic (exact) mass is 588 g/mol. The highest BCUT2D eigenvalue weighted by molar-refractivity contribution is 8.04. The van der Waals surface area contributed by atoms with Crippen LogP contribution in [0.3, 0.4) is 0 Å². The van der Waals surface area contributed by atoms with Gasteiger partial charge in [0.2, 0.25) is 5.91 Å². The standard InChI is InChI=1S/C25H24N4O7S3/c30-18-13-29(39(34,35)24(32)15-3-1-2-8-26-15)17-6-9-28(22(17)18)23(31)16(11-14-4-5-14)27-25(33)36-21-12-20-19(38-21)7-10-37-20/h1-3,7-8,10,12,14,16-17,22H,4-6,9,11,13H2,(H,27,33). The smallest absolute Gasteiger partial charge is 0.399 e. The molecule has 3 atom stereocenters. The van der Waals surface area contributed by atoms with Crippen LogP contribution in [0.15, 0.2) is 41.9 Å². The van der Waals surface area contributed by atoms with E-state index in [1.807, 2.05) is 11.4 Å². The van der Waals surface area contributed by atoms with Crippen molar-refractivity contribution in [1.29, 1.82) is 0 Å². The van der Waals surface area contributed by atoms with E-state index in [0.717, 1.165) is 26.5 Å². The summed E-state index contributed by atoms with van der Waals surface area (Å²) in [6.07, 6.45) is 3.03. The summed E-state index contributed by atoms with van der Waals surface area (Å²) in [5.74, 6) is -0.645. The van der Waals surface area contributed by atoms with E-state index in [-0.39, 0.29) is 24.6 Å². The van der Waals surface area contributed by atoms with Crippen LogP contribution < -0.4 is 10.1 Å². The molecule has 0 spiro atoms. The predicted molar refractivity (Wildman–Crippen MR) is 143 cm³/mol. The van der Waals surface area contributed by atoms with Gasteiger partial charge in [-0.15, -0.1) is 11.3 Å². The van der Waals surface area contributed by atoms with Crippen LogP contribution in [0.25, 0.3) is 9.40 Å². The number of thiophene rings is 2. The molecule has 3 aliphatic rings. The van der Waals surface area contributed by atoms with E-state index in [0.29, 0.717) is 11.5 Å². The first-order chi connectivity index (χ1) is 18.7. The van der Waals surface area contributed by atoms with Crippen molar-refractivity contribution in [1.82, 2.24) is 19.5 Å². The molecule has 1 saturated carbocycles. The van der Waals surface area contributed by atoms with E-state index in [9.17, 15) is 27.6 Å². The Hall–Kier alpha value is -3.20. The van der Waals surface area contributed by atoms with Gasteiger partial charge in [0.05, 0.1) is 12.6 Å². The number of likely N-dealkylation sites (tertiary alicyclic amines) is 1. The lowest BCUT2D eigenvalue weighted by atomic mass is 10.1. The lowest BCUT2D eigenvalue weighted by molar-refractivity contribution is -0.138. The molecule has 5 heterocycles. The van der Waals surface area contributed by atoms with Gasteiger partial charge < -0.3 is 15.0 Å². The maximum absolute atomic E-state index is 13.7. The largest absolute Gasteiger partial charge is 0.414 e. The summed E-state index contributed by atoms with van der Waals surface area (Å²) in [4.78, 5) is 57.4. The Morgan fingerprint density at radius 3 is 2.69 bits per heavy atom. The van der Waals surface area contributed by atoms with Crippen LogP contribution in [0.4, 0.5) is 4.79 Å². The second-order valence-corrected chi connectivity index (χ2v) is 13.6. The van der Waals surface area contributed by atoms with Crippen LogP contribution in [-0.4, -0.2) is 76.7 Å². The number of ether oxygens (including phenoxy) is 1. The zero-order valence-corrected chi connectivity index (χ0v) is 23.0. The third-order valence-corrected chi connectivity index (χ3v) is 10.9. The number of aromatic nitrogens is 1. The van der Waals surface area contributed by atoms with Gasteiger partial charge in [0.25, 0.3) is 10.0 Å². The van der Waals surface area contributed by atoms with Gasteiger partial charge in [-0.25, -0.2) is 13.2 Å². The summed E-state index contributed by atoms with van der Waals surface area (Å²) in [6, 6.07) is 5.27. The Morgan fingerprint density at radius 1 is 1.15 bits per heavy atom. The highest BCUT2D eigenvalue weighted by Gasteiger charge is 2.55. The predicted octanol–water partition coefficient (Wildman–Crippen LogP) is 2.64. The number of pyridine rings is 1. The summed E-state index contributed by atoms with van der Waals surface area (Å²) in [7, 11) is -4.53. The number of ketones is 1. The van der Waals surface area contributed by atoms with E-state index in [4.69, 9.17) is 4.74 Å². The average molecular weight is 589 g/mol. The van der Waals surface area contributed by atoms with Gasteiger partial charge >= 0.3 is 11.2 Å². The minimum atomic E-state index is -4.53. The lowest BCUT2D eigenvalue weighted by Crippen LogP contribution is -2.53. The van der Waals surface area contributed by atoms with Crippen molar-refractivity contribution in [3.63, 3.8) is 0 Å². The number of hydrogen-bond donors (Lipinski definition) is 1. The molecule has 204 valence electrons. The normalized spacial score (nSPS) is 22.2. The fourth-order valence-corrected chi connectivity index (χ4v) is 8.65. The third kappa shape index (κ3) is 4.97. The Bertz CT molecular complexity index is 1540. The minimum Gasteiger partial charge on any atom is -0.399 e. The first-order valence-corrected chi connectivity index (χ1v) is 15.6. The fraction of sp³-hybridized carbons (Fsp3) is 0.400. The molecule has 3 aromatic rings. The molecule has 2 amide bonds. The number of carbonyl (C=O) groups is 4. The molecule has 1 N–H and O–H groups in total. The summed E-state index contributed by atoms with van der Waals surface area (Å²) in [5, 5.41) is 3.85. The zero-order chi connectivity index (χ0) is 27.3. The van der Waals surface area contributed by atoms with Crippen molar-refractivity contribution in [2.45, 2.75) is 43.8 Å². The highest BCUT2D eigenvalue weighted by Crippen LogP contribution is 2.37. The SMILES string of the molecule is O=C(NC(CC1CC1)C(=O)N1CCC2C1C(=O)CN2S(=O)(=O)C(=O)c1ccccn1)Oc1cc2sccc2s1. The first kappa shape index (κ1) is 26.0. The van der Waals surface area contributed by atoms with Crippen LogP contribution in [0.2, 0.25) is 0 Å². The fourth-order valence-electron chi connectivity index (χ4n) is 5.23. The van der Waals surface area contributed by atoms with Gasteiger partial charge in [-0.1, -0.05) is 30.2 Å². The summed E-state index contributed by atoms with van der Waals surface area (Å²) < 4.78 is 34.7. The number of amides is 2.